The van der Waals surface area contributed by atoms with E-state index < -0.39 is 0 Å². The number of rotatable bonds is 6. The standard InChI is InChI=1S/C18H19FN2O2.ClH/c19-15-7-5-13(6-8-15)18(22)21-10-9-20-12-16-11-14-3-1-2-4-17(14)23-16;/h1-8,16,20H,9-12H2,(H,21,22);1H/t16-;/m1./s1. The maximum Gasteiger partial charge on any atom is 0.251 e. The van der Waals surface area contributed by atoms with Crippen LogP contribution < -0.4 is 15.4 Å². The molecule has 0 radical (unpaired) electrons. The number of hydrogen-bond donors (Lipinski definition) is 2. The number of carbonyl (C=O) groups is 1. The van der Waals surface area contributed by atoms with Crippen LogP contribution in [-0.2, 0) is 6.42 Å². The number of hydrogen-bond acceptors (Lipinski definition) is 3. The molecule has 6 heteroatoms. The Morgan fingerprint density at radius 1 is 1.12 bits per heavy atom. The second-order valence-electron chi connectivity index (χ2n) is 5.52. The molecule has 0 saturated carbocycles. The highest BCUT2D eigenvalue weighted by atomic mass is 35.5. The van der Waals surface area contributed by atoms with Crippen LogP contribution >= 0.6 is 12.4 Å². The number of para-hydroxylation sites is 1. The van der Waals surface area contributed by atoms with Gasteiger partial charge in [0.2, 0.25) is 0 Å². The molecule has 4 nitrogen and oxygen atoms in total. The number of benzene rings is 2. The molecule has 1 aliphatic rings. The van der Waals surface area contributed by atoms with Crippen LogP contribution in [0, 0.1) is 5.82 Å². The van der Waals surface area contributed by atoms with Gasteiger partial charge in [0, 0.05) is 31.6 Å². The van der Waals surface area contributed by atoms with Crippen molar-refractivity contribution in [2.45, 2.75) is 12.5 Å². The van der Waals surface area contributed by atoms with Crippen LogP contribution in [0.3, 0.4) is 0 Å². The molecule has 0 bridgehead atoms. The van der Waals surface area contributed by atoms with Crippen LogP contribution in [-0.4, -0.2) is 31.6 Å². The van der Waals surface area contributed by atoms with Gasteiger partial charge in [-0.25, -0.2) is 4.39 Å². The zero-order chi connectivity index (χ0) is 16.1. The minimum Gasteiger partial charge on any atom is -0.488 e. The Hall–Kier alpha value is -2.11. The van der Waals surface area contributed by atoms with Crippen LogP contribution in [0.1, 0.15) is 15.9 Å². The van der Waals surface area contributed by atoms with Gasteiger partial charge in [-0.1, -0.05) is 18.2 Å². The maximum atomic E-state index is 12.8. The van der Waals surface area contributed by atoms with Gasteiger partial charge >= 0.3 is 0 Å². The molecular formula is C18H20ClFN2O2. The van der Waals surface area contributed by atoms with Gasteiger partial charge in [0.15, 0.2) is 0 Å². The fourth-order valence-electron chi connectivity index (χ4n) is 2.60. The van der Waals surface area contributed by atoms with Crippen molar-refractivity contribution in [3.8, 4) is 5.75 Å². The predicted octanol–water partition coefficient (Wildman–Crippen LogP) is 2.57. The predicted molar refractivity (Wildman–Crippen MR) is 93.4 cm³/mol. The molecule has 0 aliphatic carbocycles. The van der Waals surface area contributed by atoms with Gasteiger partial charge in [-0.15, -0.1) is 12.4 Å². The molecule has 128 valence electrons. The molecular weight excluding hydrogens is 331 g/mol. The van der Waals surface area contributed by atoms with Crippen LogP contribution in [0.15, 0.2) is 48.5 Å². The lowest BCUT2D eigenvalue weighted by molar-refractivity contribution is 0.0953. The van der Waals surface area contributed by atoms with Gasteiger partial charge in [-0.05, 0) is 35.9 Å². The summed E-state index contributed by atoms with van der Waals surface area (Å²) < 4.78 is 18.6. The molecule has 0 saturated heterocycles. The normalized spacial score (nSPS) is 15.1. The molecule has 0 spiro atoms. The van der Waals surface area contributed by atoms with Crippen LogP contribution in [0.5, 0.6) is 5.75 Å². The number of halogens is 2. The Morgan fingerprint density at radius 3 is 2.62 bits per heavy atom. The Labute approximate surface area is 146 Å². The summed E-state index contributed by atoms with van der Waals surface area (Å²) in [6.07, 6.45) is 1.05. The van der Waals surface area contributed by atoms with Crippen LogP contribution in [0.2, 0.25) is 0 Å². The SMILES string of the molecule is Cl.O=C(NCCNC[C@H]1Cc2ccccc2O1)c1ccc(F)cc1. The number of carbonyl (C=O) groups excluding carboxylic acids is 1. The van der Waals surface area contributed by atoms with Crippen molar-refractivity contribution in [3.05, 3.63) is 65.5 Å². The van der Waals surface area contributed by atoms with E-state index in [1.54, 1.807) is 0 Å². The highest BCUT2D eigenvalue weighted by molar-refractivity contribution is 5.94. The quantitative estimate of drug-likeness (QED) is 0.787. The Bertz CT molecular complexity index is 654. The topological polar surface area (TPSA) is 50.4 Å². The van der Waals surface area contributed by atoms with E-state index in [4.69, 9.17) is 4.74 Å². The van der Waals surface area contributed by atoms with E-state index in [2.05, 4.69) is 16.7 Å². The summed E-state index contributed by atoms with van der Waals surface area (Å²) in [6, 6.07) is 13.6. The molecule has 0 unspecified atom stereocenters. The molecule has 0 aromatic heterocycles. The molecule has 1 atom stereocenters. The summed E-state index contributed by atoms with van der Waals surface area (Å²) in [5.74, 6) is 0.418. The number of ether oxygens (including phenoxy) is 1. The first kappa shape index (κ1) is 18.2. The third kappa shape index (κ3) is 4.69. The highest BCUT2D eigenvalue weighted by Crippen LogP contribution is 2.27. The summed E-state index contributed by atoms with van der Waals surface area (Å²) in [5.41, 5.74) is 1.70. The second-order valence-corrected chi connectivity index (χ2v) is 5.52. The monoisotopic (exact) mass is 350 g/mol. The van der Waals surface area contributed by atoms with Gasteiger partial charge in [-0.2, -0.15) is 0 Å². The average molecular weight is 351 g/mol. The van der Waals surface area contributed by atoms with Gasteiger partial charge < -0.3 is 15.4 Å². The minimum atomic E-state index is -0.347. The summed E-state index contributed by atoms with van der Waals surface area (Å²) in [7, 11) is 0. The zero-order valence-corrected chi connectivity index (χ0v) is 13.9. The lowest BCUT2D eigenvalue weighted by atomic mass is 10.1. The van der Waals surface area contributed by atoms with Crippen molar-refractivity contribution >= 4 is 18.3 Å². The lowest BCUT2D eigenvalue weighted by Gasteiger charge is -2.12. The third-order valence-corrected chi connectivity index (χ3v) is 3.78. The molecule has 1 aliphatic heterocycles. The van der Waals surface area contributed by atoms with E-state index in [1.807, 2.05) is 18.2 Å². The van der Waals surface area contributed by atoms with E-state index >= 15 is 0 Å². The Kier molecular flexibility index (Phi) is 6.58. The van der Waals surface area contributed by atoms with E-state index in [0.717, 1.165) is 18.7 Å². The molecule has 2 aromatic rings. The fourth-order valence-corrected chi connectivity index (χ4v) is 2.60. The Morgan fingerprint density at radius 2 is 1.88 bits per heavy atom. The summed E-state index contributed by atoms with van der Waals surface area (Å²) in [6.45, 7) is 1.90. The van der Waals surface area contributed by atoms with Crippen molar-refractivity contribution in [2.24, 2.45) is 0 Å². The number of nitrogens with one attached hydrogen (secondary N) is 2. The zero-order valence-electron chi connectivity index (χ0n) is 13.1. The van der Waals surface area contributed by atoms with Gasteiger partial charge in [-0.3, -0.25) is 4.79 Å². The number of amides is 1. The first-order valence-electron chi connectivity index (χ1n) is 7.71. The minimum absolute atomic E-state index is 0. The summed E-state index contributed by atoms with van der Waals surface area (Å²) in [5, 5.41) is 6.07. The van der Waals surface area contributed by atoms with Crippen molar-refractivity contribution in [1.29, 1.82) is 0 Å². The fraction of sp³-hybridized carbons (Fsp3) is 0.278. The van der Waals surface area contributed by atoms with Crippen molar-refractivity contribution in [1.82, 2.24) is 10.6 Å². The molecule has 2 aromatic carbocycles. The molecule has 1 amide bonds. The van der Waals surface area contributed by atoms with Crippen LogP contribution in [0.25, 0.3) is 0 Å². The largest absolute Gasteiger partial charge is 0.488 e. The van der Waals surface area contributed by atoms with E-state index in [9.17, 15) is 9.18 Å². The van der Waals surface area contributed by atoms with Gasteiger partial charge in [0.1, 0.15) is 17.7 Å². The van der Waals surface area contributed by atoms with Crippen LogP contribution in [0.4, 0.5) is 4.39 Å². The van der Waals surface area contributed by atoms with Crippen molar-refractivity contribution < 1.29 is 13.9 Å². The highest BCUT2D eigenvalue weighted by Gasteiger charge is 2.21. The molecule has 24 heavy (non-hydrogen) atoms. The van der Waals surface area contributed by atoms with Gasteiger partial charge in [0.05, 0.1) is 0 Å². The number of fused-ring (bicyclic) bond motifs is 1. The smallest absolute Gasteiger partial charge is 0.251 e. The van der Waals surface area contributed by atoms with E-state index in [1.165, 1.54) is 29.8 Å². The summed E-state index contributed by atoms with van der Waals surface area (Å²) in [4.78, 5) is 11.8. The summed E-state index contributed by atoms with van der Waals surface area (Å²) >= 11 is 0. The maximum absolute atomic E-state index is 12.8. The first-order valence-corrected chi connectivity index (χ1v) is 7.71. The molecule has 2 N–H and O–H groups in total. The Balaban J connectivity index is 0.00000208. The molecule has 1 heterocycles. The average Bonchev–Trinajstić information content (AvgIpc) is 2.97. The molecule has 3 rings (SSSR count). The van der Waals surface area contributed by atoms with Gasteiger partial charge in [0.25, 0.3) is 5.91 Å². The van der Waals surface area contributed by atoms with Crippen molar-refractivity contribution in [2.75, 3.05) is 19.6 Å². The first-order chi connectivity index (χ1) is 11.2. The van der Waals surface area contributed by atoms with E-state index in [0.29, 0.717) is 18.7 Å². The molecule has 0 fully saturated rings. The lowest BCUT2D eigenvalue weighted by Crippen LogP contribution is -2.36. The van der Waals surface area contributed by atoms with E-state index in [-0.39, 0.29) is 30.2 Å². The third-order valence-electron chi connectivity index (χ3n) is 3.78. The second kappa shape index (κ2) is 8.66. The van der Waals surface area contributed by atoms with Crippen molar-refractivity contribution in [3.63, 3.8) is 0 Å².